The summed E-state index contributed by atoms with van der Waals surface area (Å²) in [5, 5.41) is 9.67. The van der Waals surface area contributed by atoms with E-state index in [0.717, 1.165) is 51.7 Å². The topological polar surface area (TPSA) is 108 Å². The smallest absolute Gasteiger partial charge is 0.410 e. The second-order valence-corrected chi connectivity index (χ2v) is 14.0. The van der Waals surface area contributed by atoms with Gasteiger partial charge >= 0.3 is 12.1 Å². The Morgan fingerprint density at radius 1 is 1.07 bits per heavy atom. The molecule has 2 aromatic rings. The molecule has 1 aromatic heterocycles. The summed E-state index contributed by atoms with van der Waals surface area (Å²) in [6, 6.07) is 1.58. The Balaban J connectivity index is 1.35. The third-order valence-corrected chi connectivity index (χ3v) is 9.13. The lowest BCUT2D eigenvalue weighted by Gasteiger charge is -2.40. The maximum atomic E-state index is 15.9. The summed E-state index contributed by atoms with van der Waals surface area (Å²) in [6.07, 6.45) is 5.46. The molecule has 11 nitrogen and oxygen atoms in total. The van der Waals surface area contributed by atoms with E-state index in [2.05, 4.69) is 23.9 Å². The van der Waals surface area contributed by atoms with Crippen molar-refractivity contribution in [3.63, 3.8) is 0 Å². The average Bonchev–Trinajstić information content (AvgIpc) is 3.71. The number of methoxy groups -OCH3 is 1. The Morgan fingerprint density at radius 2 is 1.76 bits per heavy atom. The number of hydrogen-bond donors (Lipinski definition) is 1. The van der Waals surface area contributed by atoms with Crippen molar-refractivity contribution >= 4 is 28.7 Å². The standard InChI is InChI=1S/C33H48FN5O6/c1-33(2,3)45-32(43)36-13-10-22(11-14-36)37(16-15-35(4)5)18-21-9-12-38(19-21)28-26(34)17-24-27(30(28)44-6)39(23-7-8-23)20-25(29(24)40)31(41)42/h17,20-23H,7-16,18-19H2,1-6H3,(H,41,42). The molecule has 1 amide bonds. The summed E-state index contributed by atoms with van der Waals surface area (Å²) in [5.74, 6) is -1.33. The lowest BCUT2D eigenvalue weighted by atomic mass is 10.0. The lowest BCUT2D eigenvalue weighted by molar-refractivity contribution is 0.0130. The minimum atomic E-state index is -1.32. The number of fused-ring (bicyclic) bond motifs is 1. The van der Waals surface area contributed by atoms with Crippen LogP contribution in [0.5, 0.6) is 5.75 Å². The number of benzene rings is 1. The van der Waals surface area contributed by atoms with Crippen LogP contribution in [0.3, 0.4) is 0 Å². The van der Waals surface area contributed by atoms with Crippen molar-refractivity contribution in [2.75, 3.05) is 71.9 Å². The normalized spacial score (nSPS) is 19.6. The van der Waals surface area contributed by atoms with Crippen molar-refractivity contribution in [2.24, 2.45) is 5.92 Å². The molecule has 1 aliphatic carbocycles. The van der Waals surface area contributed by atoms with E-state index >= 15 is 4.39 Å². The van der Waals surface area contributed by atoms with E-state index in [9.17, 15) is 19.5 Å². The molecule has 1 atom stereocenters. The molecular weight excluding hydrogens is 581 g/mol. The number of aromatic carboxylic acids is 1. The number of rotatable bonds is 10. The van der Waals surface area contributed by atoms with Gasteiger partial charge in [0, 0.05) is 64.1 Å². The summed E-state index contributed by atoms with van der Waals surface area (Å²) in [7, 11) is 5.61. The molecule has 1 unspecified atom stereocenters. The fourth-order valence-electron chi connectivity index (χ4n) is 6.73. The van der Waals surface area contributed by atoms with Crippen LogP contribution >= 0.6 is 0 Å². The molecule has 0 spiro atoms. The number of piperidine rings is 1. The van der Waals surface area contributed by atoms with Crippen LogP contribution < -0.4 is 15.1 Å². The molecule has 12 heteroatoms. The van der Waals surface area contributed by atoms with Gasteiger partial charge in [-0.25, -0.2) is 14.0 Å². The molecule has 2 aliphatic heterocycles. The van der Waals surface area contributed by atoms with Gasteiger partial charge in [-0.15, -0.1) is 0 Å². The Bertz CT molecular complexity index is 1470. The maximum Gasteiger partial charge on any atom is 0.410 e. The number of carboxylic acid groups (broad SMARTS) is 1. The van der Waals surface area contributed by atoms with Gasteiger partial charge < -0.3 is 33.8 Å². The monoisotopic (exact) mass is 629 g/mol. The van der Waals surface area contributed by atoms with Crippen molar-refractivity contribution in [1.82, 2.24) is 19.3 Å². The SMILES string of the molecule is COc1c(N2CCC(CN(CCN(C)C)C3CCN(C(=O)OC(C)(C)C)CC3)C2)c(F)cc2c(=O)c(C(=O)O)cn(C3CC3)c12. The van der Waals surface area contributed by atoms with Gasteiger partial charge in [0.25, 0.3) is 0 Å². The molecule has 3 heterocycles. The van der Waals surface area contributed by atoms with Crippen LogP contribution in [0.2, 0.25) is 0 Å². The van der Waals surface area contributed by atoms with Gasteiger partial charge in [0.2, 0.25) is 5.43 Å². The Labute approximate surface area is 264 Å². The number of likely N-dealkylation sites (tertiary alicyclic amines) is 1. The number of anilines is 1. The second kappa shape index (κ2) is 13.2. The van der Waals surface area contributed by atoms with Crippen molar-refractivity contribution < 1.29 is 28.6 Å². The number of amides is 1. The van der Waals surface area contributed by atoms with Crippen molar-refractivity contribution in [1.29, 1.82) is 0 Å². The molecule has 3 aliphatic rings. The van der Waals surface area contributed by atoms with Gasteiger partial charge in [0.1, 0.15) is 16.9 Å². The van der Waals surface area contributed by atoms with Gasteiger partial charge in [0.15, 0.2) is 11.6 Å². The zero-order valence-corrected chi connectivity index (χ0v) is 27.5. The van der Waals surface area contributed by atoms with E-state index in [1.54, 1.807) is 9.47 Å². The molecule has 1 aromatic carbocycles. The Morgan fingerprint density at radius 3 is 2.33 bits per heavy atom. The van der Waals surface area contributed by atoms with Gasteiger partial charge in [-0.3, -0.25) is 9.69 Å². The predicted molar refractivity (Wildman–Crippen MR) is 171 cm³/mol. The maximum absolute atomic E-state index is 15.9. The number of carbonyl (C=O) groups is 2. The first-order valence-corrected chi connectivity index (χ1v) is 16.1. The molecule has 1 saturated carbocycles. The number of aromatic nitrogens is 1. The van der Waals surface area contributed by atoms with E-state index in [0.29, 0.717) is 43.4 Å². The largest absolute Gasteiger partial charge is 0.492 e. The summed E-state index contributed by atoms with van der Waals surface area (Å²) in [5.41, 5.74) is -0.801. The van der Waals surface area contributed by atoms with Crippen LogP contribution in [0.15, 0.2) is 17.1 Å². The molecule has 5 rings (SSSR count). The first kappa shape index (κ1) is 33.0. The number of nitrogens with zero attached hydrogens (tertiary/aromatic N) is 5. The first-order valence-electron chi connectivity index (χ1n) is 16.1. The van der Waals surface area contributed by atoms with E-state index in [-0.39, 0.29) is 34.8 Å². The summed E-state index contributed by atoms with van der Waals surface area (Å²) < 4.78 is 29.1. The second-order valence-electron chi connectivity index (χ2n) is 14.0. The highest BCUT2D eigenvalue weighted by atomic mass is 19.1. The summed E-state index contributed by atoms with van der Waals surface area (Å²) >= 11 is 0. The third kappa shape index (κ3) is 7.38. The Kier molecular flexibility index (Phi) is 9.65. The van der Waals surface area contributed by atoms with Crippen LogP contribution in [0, 0.1) is 11.7 Å². The van der Waals surface area contributed by atoms with Crippen molar-refractivity contribution in [3.05, 3.63) is 33.9 Å². The third-order valence-electron chi connectivity index (χ3n) is 9.13. The zero-order chi connectivity index (χ0) is 32.6. The van der Waals surface area contributed by atoms with E-state index in [1.165, 1.54) is 19.4 Å². The molecule has 2 saturated heterocycles. The van der Waals surface area contributed by atoms with Gasteiger partial charge in [-0.2, -0.15) is 0 Å². The number of ether oxygens (including phenoxy) is 2. The van der Waals surface area contributed by atoms with Crippen molar-refractivity contribution in [3.8, 4) is 5.75 Å². The minimum Gasteiger partial charge on any atom is -0.492 e. The number of halogens is 1. The number of hydrogen-bond acceptors (Lipinski definition) is 8. The van der Waals surface area contributed by atoms with E-state index in [4.69, 9.17) is 9.47 Å². The zero-order valence-electron chi connectivity index (χ0n) is 27.5. The van der Waals surface area contributed by atoms with Crippen molar-refractivity contribution in [2.45, 2.75) is 70.6 Å². The number of pyridine rings is 1. The molecule has 248 valence electrons. The first-order chi connectivity index (χ1) is 21.3. The predicted octanol–water partition coefficient (Wildman–Crippen LogP) is 4.27. The molecule has 3 fully saturated rings. The average molecular weight is 630 g/mol. The van der Waals surface area contributed by atoms with Gasteiger partial charge in [0.05, 0.1) is 18.0 Å². The highest BCUT2D eigenvalue weighted by Gasteiger charge is 2.35. The van der Waals surface area contributed by atoms with E-state index < -0.39 is 22.8 Å². The fraction of sp³-hybridized carbons (Fsp3) is 0.667. The number of carboxylic acids is 1. The Hall–Kier alpha value is -3.38. The molecular formula is C33H48FN5O6. The molecule has 0 radical (unpaired) electrons. The van der Waals surface area contributed by atoms with Crippen LogP contribution in [-0.2, 0) is 4.74 Å². The molecule has 1 N–H and O–H groups in total. The molecule has 45 heavy (non-hydrogen) atoms. The van der Waals surface area contributed by atoms with Crippen LogP contribution in [-0.4, -0.2) is 115 Å². The molecule has 0 bridgehead atoms. The number of carbonyl (C=O) groups excluding carboxylic acids is 1. The highest BCUT2D eigenvalue weighted by molar-refractivity contribution is 5.97. The number of likely N-dealkylation sites (N-methyl/N-ethyl adjacent to an activating group) is 1. The summed E-state index contributed by atoms with van der Waals surface area (Å²) in [4.78, 5) is 46.1. The fourth-order valence-corrected chi connectivity index (χ4v) is 6.73. The van der Waals surface area contributed by atoms with Crippen LogP contribution in [0.25, 0.3) is 10.9 Å². The summed E-state index contributed by atoms with van der Waals surface area (Å²) in [6.45, 7) is 10.9. The van der Waals surface area contributed by atoms with Crippen LogP contribution in [0.4, 0.5) is 14.9 Å². The van der Waals surface area contributed by atoms with Crippen LogP contribution in [0.1, 0.15) is 69.3 Å². The quantitative estimate of drug-likeness (QED) is 0.412. The minimum absolute atomic E-state index is 0.0308. The highest BCUT2D eigenvalue weighted by Crippen LogP contribution is 2.44. The van der Waals surface area contributed by atoms with E-state index in [1.807, 2.05) is 25.7 Å². The van der Waals surface area contributed by atoms with Gasteiger partial charge in [-0.1, -0.05) is 0 Å². The lowest BCUT2D eigenvalue weighted by Crippen LogP contribution is -2.50. The van der Waals surface area contributed by atoms with Gasteiger partial charge in [-0.05, 0) is 79.0 Å².